The lowest BCUT2D eigenvalue weighted by Crippen LogP contribution is -2.24. The molecule has 0 spiro atoms. The van der Waals surface area contributed by atoms with Crippen molar-refractivity contribution in [1.29, 1.82) is 0 Å². The van der Waals surface area contributed by atoms with Gasteiger partial charge < -0.3 is 4.74 Å². The summed E-state index contributed by atoms with van der Waals surface area (Å²) < 4.78 is 30.1. The number of nitrogens with one attached hydrogen (secondary N) is 2. The minimum atomic E-state index is -3.25. The molecule has 1 aromatic heterocycles. The van der Waals surface area contributed by atoms with E-state index in [0.29, 0.717) is 26.8 Å². The Balaban J connectivity index is 2.49. The van der Waals surface area contributed by atoms with Gasteiger partial charge in [0.25, 0.3) is 0 Å². The molecule has 0 saturated heterocycles. The maximum Gasteiger partial charge on any atom is 0.221 e. The van der Waals surface area contributed by atoms with Crippen molar-refractivity contribution in [2.24, 2.45) is 0 Å². The summed E-state index contributed by atoms with van der Waals surface area (Å²) in [6.07, 6.45) is 1.50. The normalized spacial score (nSPS) is 11.8. The number of benzene rings is 1. The fraction of sp³-hybridized carbons (Fsp3) is 0.333. The van der Waals surface area contributed by atoms with Crippen molar-refractivity contribution in [2.45, 2.75) is 6.42 Å². The van der Waals surface area contributed by atoms with Crippen molar-refractivity contribution < 1.29 is 13.2 Å². The van der Waals surface area contributed by atoms with E-state index in [-0.39, 0.29) is 12.0 Å². The Morgan fingerprint density at radius 2 is 2.14 bits per heavy atom. The van der Waals surface area contributed by atoms with Crippen LogP contribution in [0.5, 0.6) is 5.75 Å². The molecule has 114 valence electrons. The van der Waals surface area contributed by atoms with Gasteiger partial charge in [-0.25, -0.2) is 13.1 Å². The molecule has 2 aromatic rings. The molecule has 0 fully saturated rings. The van der Waals surface area contributed by atoms with Crippen LogP contribution in [0.15, 0.2) is 16.9 Å². The Morgan fingerprint density at radius 1 is 1.43 bits per heavy atom. The smallest absolute Gasteiger partial charge is 0.221 e. The SMILES string of the molecule is COc1ccc(CCNS(C)(=O)=O)c2c(=O)c(I)n[nH]c12. The van der Waals surface area contributed by atoms with Gasteiger partial charge in [0, 0.05) is 6.54 Å². The number of ether oxygens (including phenoxy) is 1. The third-order valence-electron chi connectivity index (χ3n) is 2.91. The lowest BCUT2D eigenvalue weighted by molar-refractivity contribution is 0.418. The highest BCUT2D eigenvalue weighted by atomic mass is 127. The van der Waals surface area contributed by atoms with Gasteiger partial charge in [-0.15, -0.1) is 0 Å². The molecule has 9 heteroatoms. The first-order chi connectivity index (χ1) is 9.83. The van der Waals surface area contributed by atoms with Gasteiger partial charge in [0.05, 0.1) is 18.8 Å². The van der Waals surface area contributed by atoms with Gasteiger partial charge in [-0.2, -0.15) is 5.10 Å². The van der Waals surface area contributed by atoms with Gasteiger partial charge >= 0.3 is 0 Å². The first-order valence-corrected chi connectivity index (χ1v) is 8.99. The van der Waals surface area contributed by atoms with Crippen LogP contribution in [-0.4, -0.2) is 38.5 Å². The minimum Gasteiger partial charge on any atom is -0.494 e. The standard InChI is InChI=1S/C12H14IN3O4S/c1-20-8-4-3-7(5-6-14-21(2,18)19)9-10(8)15-16-12(13)11(9)17/h3-4,14H,5-6H2,1-2H3,(H,15,17). The molecule has 7 nitrogen and oxygen atoms in total. The number of sulfonamides is 1. The van der Waals surface area contributed by atoms with Crippen LogP contribution >= 0.6 is 22.6 Å². The lowest BCUT2D eigenvalue weighted by atomic mass is 10.1. The number of H-pyrrole nitrogens is 1. The summed E-state index contributed by atoms with van der Waals surface area (Å²) in [6, 6.07) is 3.49. The van der Waals surface area contributed by atoms with E-state index in [1.165, 1.54) is 7.11 Å². The van der Waals surface area contributed by atoms with Crippen molar-refractivity contribution >= 4 is 43.5 Å². The molecule has 0 unspecified atom stereocenters. The summed E-state index contributed by atoms with van der Waals surface area (Å²) >= 11 is 1.86. The third-order valence-corrected chi connectivity index (χ3v) is 4.37. The number of nitrogens with zero attached hydrogens (tertiary/aromatic N) is 1. The van der Waals surface area contributed by atoms with E-state index in [0.717, 1.165) is 11.8 Å². The number of rotatable bonds is 5. The Bertz CT molecular complexity index is 832. The Morgan fingerprint density at radius 3 is 2.76 bits per heavy atom. The number of fused-ring (bicyclic) bond motifs is 1. The molecule has 1 aromatic carbocycles. The first-order valence-electron chi connectivity index (χ1n) is 6.02. The van der Waals surface area contributed by atoms with Crippen LogP contribution in [-0.2, 0) is 16.4 Å². The summed E-state index contributed by atoms with van der Waals surface area (Å²) in [5.74, 6) is 0.519. The summed E-state index contributed by atoms with van der Waals surface area (Å²) in [5, 5.41) is 7.22. The molecule has 21 heavy (non-hydrogen) atoms. The lowest BCUT2D eigenvalue weighted by Gasteiger charge is -2.10. The maximum atomic E-state index is 12.3. The highest BCUT2D eigenvalue weighted by molar-refractivity contribution is 14.1. The fourth-order valence-electron chi connectivity index (χ4n) is 2.01. The van der Waals surface area contributed by atoms with Crippen molar-refractivity contribution in [1.82, 2.24) is 14.9 Å². The summed E-state index contributed by atoms with van der Waals surface area (Å²) in [7, 11) is -1.74. The zero-order chi connectivity index (χ0) is 15.6. The summed E-state index contributed by atoms with van der Waals surface area (Å²) in [6.45, 7) is 0.221. The van der Waals surface area contributed by atoms with Crippen LogP contribution < -0.4 is 14.9 Å². The van der Waals surface area contributed by atoms with Crippen molar-refractivity contribution in [3.8, 4) is 5.75 Å². The van der Waals surface area contributed by atoms with Gasteiger partial charge in [0.1, 0.15) is 11.3 Å². The Hall–Kier alpha value is -1.20. The Kier molecular flexibility index (Phi) is 4.84. The topological polar surface area (TPSA) is 101 Å². The van der Waals surface area contributed by atoms with Crippen LogP contribution in [0.4, 0.5) is 0 Å². The van der Waals surface area contributed by atoms with Crippen molar-refractivity contribution in [3.63, 3.8) is 0 Å². The second-order valence-electron chi connectivity index (χ2n) is 4.44. The van der Waals surface area contributed by atoms with Crippen LogP contribution in [0, 0.1) is 3.70 Å². The van der Waals surface area contributed by atoms with E-state index < -0.39 is 10.0 Å². The third kappa shape index (κ3) is 3.71. The quantitative estimate of drug-likeness (QED) is 0.688. The molecule has 2 N–H and O–H groups in total. The molecular formula is C12H14IN3O4S. The van der Waals surface area contributed by atoms with E-state index in [2.05, 4.69) is 14.9 Å². The van der Waals surface area contributed by atoms with Crippen molar-refractivity contribution in [3.05, 3.63) is 31.6 Å². The molecule has 0 radical (unpaired) electrons. The van der Waals surface area contributed by atoms with Crippen LogP contribution in [0.2, 0.25) is 0 Å². The van der Waals surface area contributed by atoms with E-state index >= 15 is 0 Å². The molecule has 1 heterocycles. The predicted octanol–water partition coefficient (Wildman–Crippen LogP) is 0.628. The molecule has 0 atom stereocenters. The number of aromatic amines is 1. The molecule has 0 amide bonds. The average molecular weight is 423 g/mol. The van der Waals surface area contributed by atoms with Crippen LogP contribution in [0.1, 0.15) is 5.56 Å². The molecule has 0 aliphatic rings. The molecular weight excluding hydrogens is 409 g/mol. The molecule has 0 bridgehead atoms. The van der Waals surface area contributed by atoms with E-state index in [1.807, 2.05) is 22.6 Å². The maximum absolute atomic E-state index is 12.3. The first kappa shape index (κ1) is 16.2. The minimum absolute atomic E-state index is 0.197. The molecule has 0 saturated carbocycles. The van der Waals surface area contributed by atoms with Crippen molar-refractivity contribution in [2.75, 3.05) is 19.9 Å². The number of halogens is 1. The number of hydrogen-bond donors (Lipinski definition) is 2. The van der Waals surface area contributed by atoms with Gasteiger partial charge in [-0.05, 0) is 40.6 Å². The number of hydrogen-bond acceptors (Lipinski definition) is 5. The highest BCUT2D eigenvalue weighted by Crippen LogP contribution is 2.24. The second-order valence-corrected chi connectivity index (χ2v) is 7.29. The monoisotopic (exact) mass is 423 g/mol. The second kappa shape index (κ2) is 6.28. The van der Waals surface area contributed by atoms with Crippen LogP contribution in [0.25, 0.3) is 10.9 Å². The molecule has 2 rings (SSSR count). The highest BCUT2D eigenvalue weighted by Gasteiger charge is 2.13. The fourth-order valence-corrected chi connectivity index (χ4v) is 2.87. The van der Waals surface area contributed by atoms with E-state index in [4.69, 9.17) is 4.74 Å². The van der Waals surface area contributed by atoms with Gasteiger partial charge in [-0.1, -0.05) is 6.07 Å². The molecule has 0 aliphatic carbocycles. The van der Waals surface area contributed by atoms with Crippen LogP contribution in [0.3, 0.4) is 0 Å². The van der Waals surface area contributed by atoms with Gasteiger partial charge in [0.15, 0.2) is 3.70 Å². The van der Waals surface area contributed by atoms with Gasteiger partial charge in [0.2, 0.25) is 15.5 Å². The molecule has 0 aliphatic heterocycles. The number of aromatic nitrogens is 2. The van der Waals surface area contributed by atoms with E-state index in [9.17, 15) is 13.2 Å². The largest absolute Gasteiger partial charge is 0.494 e. The predicted molar refractivity (Wildman–Crippen MR) is 88.2 cm³/mol. The summed E-state index contributed by atoms with van der Waals surface area (Å²) in [4.78, 5) is 12.3. The number of methoxy groups -OCH3 is 1. The summed E-state index contributed by atoms with van der Waals surface area (Å²) in [5.41, 5.74) is 1.06. The average Bonchev–Trinajstić information content (AvgIpc) is 2.41. The zero-order valence-corrected chi connectivity index (χ0v) is 14.4. The van der Waals surface area contributed by atoms with Gasteiger partial charge in [-0.3, -0.25) is 9.89 Å². The zero-order valence-electron chi connectivity index (χ0n) is 11.4. The van der Waals surface area contributed by atoms with E-state index in [1.54, 1.807) is 12.1 Å². The Labute approximate surface area is 135 Å².